The zero-order valence-electron chi connectivity index (χ0n) is 16.6. The molecule has 2 N–H and O–H groups in total. The third-order valence-corrected chi connectivity index (χ3v) is 7.66. The molecule has 0 aliphatic carbocycles. The van der Waals surface area contributed by atoms with E-state index >= 15 is 0 Å². The van der Waals surface area contributed by atoms with E-state index in [-0.39, 0.29) is 33.9 Å². The Hall–Kier alpha value is -2.39. The highest BCUT2D eigenvalue weighted by Gasteiger charge is 2.32. The van der Waals surface area contributed by atoms with E-state index in [2.05, 4.69) is 17.9 Å². The summed E-state index contributed by atoms with van der Waals surface area (Å²) in [5, 5.41) is 14.5. The van der Waals surface area contributed by atoms with E-state index in [0.29, 0.717) is 0 Å². The Morgan fingerprint density at radius 3 is 2.58 bits per heavy atom. The predicted molar refractivity (Wildman–Crippen MR) is 122 cm³/mol. The molecule has 3 aromatic carbocycles. The smallest absolute Gasteiger partial charge is 0.335 e. The number of hydrogen-bond donors (Lipinski definition) is 3. The van der Waals surface area contributed by atoms with Crippen LogP contribution in [-0.2, 0) is 14.6 Å². The van der Waals surface area contributed by atoms with Gasteiger partial charge in [-0.1, -0.05) is 42.5 Å². The molecule has 8 heteroatoms. The van der Waals surface area contributed by atoms with Crippen molar-refractivity contribution in [2.75, 3.05) is 13.2 Å². The summed E-state index contributed by atoms with van der Waals surface area (Å²) in [5.74, 6) is -1.13. The van der Waals surface area contributed by atoms with Crippen molar-refractivity contribution >= 4 is 39.2 Å². The molecule has 1 aliphatic rings. The lowest BCUT2D eigenvalue weighted by atomic mass is 10.1. The molecular formula is C23H23NO5S2. The number of carboxylic acid groups (broad SMARTS) is 1. The molecule has 1 unspecified atom stereocenters. The van der Waals surface area contributed by atoms with Gasteiger partial charge in [0, 0.05) is 17.8 Å². The van der Waals surface area contributed by atoms with Gasteiger partial charge in [-0.2, -0.15) is 12.6 Å². The van der Waals surface area contributed by atoms with Crippen LogP contribution in [0.4, 0.5) is 0 Å². The molecule has 1 saturated heterocycles. The lowest BCUT2D eigenvalue weighted by Crippen LogP contribution is -2.29. The van der Waals surface area contributed by atoms with Crippen molar-refractivity contribution in [3.05, 3.63) is 77.9 Å². The zero-order valence-corrected chi connectivity index (χ0v) is 18.4. The lowest BCUT2D eigenvalue weighted by Gasteiger charge is -2.22. The SMILES string of the molecule is O=C(O)c1cccc(C(OC[C@@H]2C[C@H](S)CN2)S(=O)(=O)c2ccc3ccccc3c2)c1. The van der Waals surface area contributed by atoms with Gasteiger partial charge < -0.3 is 15.2 Å². The van der Waals surface area contributed by atoms with Gasteiger partial charge in [0.2, 0.25) is 9.84 Å². The Morgan fingerprint density at radius 2 is 1.87 bits per heavy atom. The minimum atomic E-state index is -3.96. The number of thiol groups is 1. The molecule has 1 aliphatic heterocycles. The van der Waals surface area contributed by atoms with Crippen LogP contribution >= 0.6 is 12.6 Å². The first-order valence-electron chi connectivity index (χ1n) is 9.93. The van der Waals surface area contributed by atoms with E-state index in [1.807, 2.05) is 24.3 Å². The summed E-state index contributed by atoms with van der Waals surface area (Å²) in [4.78, 5) is 11.6. The van der Waals surface area contributed by atoms with E-state index in [9.17, 15) is 18.3 Å². The van der Waals surface area contributed by atoms with Crippen LogP contribution in [0.1, 0.15) is 27.8 Å². The van der Waals surface area contributed by atoms with Crippen LogP contribution < -0.4 is 5.32 Å². The summed E-state index contributed by atoms with van der Waals surface area (Å²) < 4.78 is 33.2. The van der Waals surface area contributed by atoms with Gasteiger partial charge in [0.05, 0.1) is 17.1 Å². The van der Waals surface area contributed by atoms with Crippen LogP contribution in [0.5, 0.6) is 0 Å². The van der Waals surface area contributed by atoms with E-state index in [1.165, 1.54) is 18.2 Å². The number of aromatic carboxylic acids is 1. The van der Waals surface area contributed by atoms with Crippen LogP contribution in [0.25, 0.3) is 10.8 Å². The predicted octanol–water partition coefficient (Wildman–Crippen LogP) is 3.69. The van der Waals surface area contributed by atoms with Gasteiger partial charge in [-0.15, -0.1) is 0 Å². The molecule has 6 nitrogen and oxygen atoms in total. The maximum atomic E-state index is 13.6. The third kappa shape index (κ3) is 4.77. The van der Waals surface area contributed by atoms with Crippen LogP contribution in [0, 0.1) is 0 Å². The molecule has 0 spiro atoms. The van der Waals surface area contributed by atoms with Crippen LogP contribution in [0.3, 0.4) is 0 Å². The van der Waals surface area contributed by atoms with Crippen molar-refractivity contribution < 1.29 is 23.1 Å². The van der Waals surface area contributed by atoms with Crippen LogP contribution in [-0.4, -0.2) is 43.9 Å². The van der Waals surface area contributed by atoms with Crippen molar-refractivity contribution in [1.29, 1.82) is 0 Å². The number of benzene rings is 3. The number of rotatable bonds is 7. The van der Waals surface area contributed by atoms with Gasteiger partial charge in [0.15, 0.2) is 5.44 Å². The summed E-state index contributed by atoms with van der Waals surface area (Å²) in [6.45, 7) is 0.902. The van der Waals surface area contributed by atoms with Crippen molar-refractivity contribution in [1.82, 2.24) is 5.32 Å². The number of hydrogen-bond acceptors (Lipinski definition) is 6. The highest BCUT2D eigenvalue weighted by molar-refractivity contribution is 7.91. The molecule has 162 valence electrons. The average Bonchev–Trinajstić information content (AvgIpc) is 3.18. The van der Waals surface area contributed by atoms with Crippen LogP contribution in [0.15, 0.2) is 71.6 Å². The van der Waals surface area contributed by atoms with E-state index in [4.69, 9.17) is 4.74 Å². The second-order valence-electron chi connectivity index (χ2n) is 7.64. The molecule has 0 bridgehead atoms. The molecule has 31 heavy (non-hydrogen) atoms. The summed E-state index contributed by atoms with van der Waals surface area (Å²) in [6, 6.07) is 18.3. The normalized spacial score (nSPS) is 20.0. The standard InChI is InChI=1S/C23H23NO5S2/c25-22(26)17-6-3-7-18(10-17)23(29-14-19-12-20(30)13-24-19)31(27,28)21-9-8-15-4-1-2-5-16(15)11-21/h1-11,19-20,23-24,30H,12-14H2,(H,25,26)/t19-,20-,23?/m0/s1. The molecule has 0 radical (unpaired) electrons. The first kappa shape index (κ1) is 21.8. The van der Waals surface area contributed by atoms with Gasteiger partial charge in [-0.25, -0.2) is 13.2 Å². The third-order valence-electron chi connectivity index (χ3n) is 5.38. The highest BCUT2D eigenvalue weighted by Crippen LogP contribution is 2.33. The largest absolute Gasteiger partial charge is 0.478 e. The molecule has 0 amide bonds. The van der Waals surface area contributed by atoms with Crippen molar-refractivity contribution in [3.63, 3.8) is 0 Å². The number of ether oxygens (including phenoxy) is 1. The van der Waals surface area contributed by atoms with Crippen LogP contribution in [0.2, 0.25) is 0 Å². The monoisotopic (exact) mass is 457 g/mol. The molecule has 0 saturated carbocycles. The summed E-state index contributed by atoms with van der Waals surface area (Å²) in [5.41, 5.74) is -1.03. The summed E-state index contributed by atoms with van der Waals surface area (Å²) >= 11 is 4.45. The fraction of sp³-hybridized carbons (Fsp3) is 0.261. The van der Waals surface area contributed by atoms with Gasteiger partial charge >= 0.3 is 5.97 Å². The zero-order chi connectivity index (χ0) is 22.0. The molecule has 3 atom stereocenters. The fourth-order valence-electron chi connectivity index (χ4n) is 3.78. The molecule has 1 heterocycles. The first-order chi connectivity index (χ1) is 14.8. The second kappa shape index (κ2) is 9.00. The molecule has 3 aromatic rings. The Bertz CT molecular complexity index is 1210. The van der Waals surface area contributed by atoms with Gasteiger partial charge in [0.25, 0.3) is 0 Å². The Morgan fingerprint density at radius 1 is 1.10 bits per heavy atom. The summed E-state index contributed by atoms with van der Waals surface area (Å²) in [7, 11) is -3.96. The number of carboxylic acids is 1. The Balaban J connectivity index is 1.72. The summed E-state index contributed by atoms with van der Waals surface area (Å²) in [6.07, 6.45) is 0.765. The van der Waals surface area contributed by atoms with Gasteiger partial charge in [0.1, 0.15) is 0 Å². The number of nitrogens with one attached hydrogen (secondary N) is 1. The second-order valence-corrected chi connectivity index (χ2v) is 10.4. The van der Waals surface area contributed by atoms with Crippen molar-refractivity contribution in [3.8, 4) is 0 Å². The number of sulfone groups is 1. The maximum absolute atomic E-state index is 13.6. The van der Waals surface area contributed by atoms with E-state index < -0.39 is 21.2 Å². The molecule has 4 rings (SSSR count). The van der Waals surface area contributed by atoms with Gasteiger partial charge in [-0.3, -0.25) is 0 Å². The molecule has 0 aromatic heterocycles. The quantitative estimate of drug-likeness (QED) is 0.469. The minimum absolute atomic E-state index is 0.00854. The van der Waals surface area contributed by atoms with Crippen molar-refractivity contribution in [2.45, 2.75) is 28.0 Å². The molecular weight excluding hydrogens is 434 g/mol. The molecule has 1 fully saturated rings. The topological polar surface area (TPSA) is 92.7 Å². The highest BCUT2D eigenvalue weighted by atomic mass is 32.2. The fourth-order valence-corrected chi connectivity index (χ4v) is 5.70. The first-order valence-corrected chi connectivity index (χ1v) is 12.0. The van der Waals surface area contributed by atoms with Gasteiger partial charge in [-0.05, 0) is 47.0 Å². The number of carbonyl (C=O) groups is 1. The van der Waals surface area contributed by atoms with E-state index in [0.717, 1.165) is 23.7 Å². The Labute approximate surface area is 186 Å². The average molecular weight is 458 g/mol. The van der Waals surface area contributed by atoms with E-state index in [1.54, 1.807) is 24.3 Å². The van der Waals surface area contributed by atoms with Crippen molar-refractivity contribution in [2.24, 2.45) is 0 Å². The maximum Gasteiger partial charge on any atom is 0.335 e. The Kier molecular flexibility index (Phi) is 6.34. The lowest BCUT2D eigenvalue weighted by molar-refractivity contribution is 0.0695. The number of fused-ring (bicyclic) bond motifs is 1. The minimum Gasteiger partial charge on any atom is -0.478 e.